The van der Waals surface area contributed by atoms with Gasteiger partial charge in [-0.15, -0.1) is 0 Å². The molecule has 1 unspecified atom stereocenters. The van der Waals surface area contributed by atoms with Crippen LogP contribution in [0.2, 0.25) is 19.1 Å². The second-order valence-corrected chi connectivity index (χ2v) is 17.8. The van der Waals surface area contributed by atoms with Gasteiger partial charge in [-0.1, -0.05) is 115 Å². The fourth-order valence-corrected chi connectivity index (χ4v) is 8.50. The zero-order valence-electron chi connectivity index (χ0n) is 26.0. The van der Waals surface area contributed by atoms with E-state index in [1.807, 2.05) is 85.8 Å². The minimum absolute atomic E-state index is 0.0668. The van der Waals surface area contributed by atoms with Gasteiger partial charge in [0.2, 0.25) is 0 Å². The summed E-state index contributed by atoms with van der Waals surface area (Å²) in [6.07, 6.45) is 2.10. The third-order valence-electron chi connectivity index (χ3n) is 7.96. The molecule has 0 fully saturated rings. The van der Waals surface area contributed by atoms with Gasteiger partial charge in [-0.05, 0) is 54.3 Å². The topological polar surface area (TPSA) is 84.5 Å². The molecule has 0 spiro atoms. The zero-order chi connectivity index (χ0) is 31.5. The SMILES string of the molecule is COC(=O)C[C@@H](NS(=O)c1ccc(C)cc1)c1ccc([Si](C)(C)CCCc2ccc(C(=O)NCc3ccccc3)cc2)cc1. The number of amides is 1. The molecular formula is C36H42N2O4SSi. The lowest BCUT2D eigenvalue weighted by molar-refractivity contribution is -0.141. The van der Waals surface area contributed by atoms with E-state index in [0.717, 1.165) is 35.6 Å². The molecule has 0 aliphatic carbocycles. The summed E-state index contributed by atoms with van der Waals surface area (Å²) in [5.74, 6) is -0.425. The summed E-state index contributed by atoms with van der Waals surface area (Å²) in [5.41, 5.74) is 4.96. The number of carbonyl (C=O) groups is 2. The fourth-order valence-electron chi connectivity index (χ4n) is 5.09. The number of nitrogens with one attached hydrogen (secondary N) is 2. The maximum atomic E-state index is 13.0. The van der Waals surface area contributed by atoms with Crippen molar-refractivity contribution in [1.29, 1.82) is 0 Å². The van der Waals surface area contributed by atoms with Crippen molar-refractivity contribution in [3.8, 4) is 0 Å². The monoisotopic (exact) mass is 626 g/mol. The van der Waals surface area contributed by atoms with Gasteiger partial charge >= 0.3 is 5.97 Å². The molecule has 6 nitrogen and oxygen atoms in total. The molecule has 0 radical (unpaired) electrons. The summed E-state index contributed by atoms with van der Waals surface area (Å²) in [6, 6.07) is 34.4. The van der Waals surface area contributed by atoms with Crippen LogP contribution in [0.5, 0.6) is 0 Å². The van der Waals surface area contributed by atoms with E-state index in [9.17, 15) is 13.8 Å². The molecule has 4 aromatic carbocycles. The highest BCUT2D eigenvalue weighted by Crippen LogP contribution is 2.22. The molecule has 0 aliphatic heterocycles. The van der Waals surface area contributed by atoms with Crippen LogP contribution in [0.4, 0.5) is 0 Å². The Hall–Kier alpha value is -3.85. The van der Waals surface area contributed by atoms with Crippen molar-refractivity contribution >= 4 is 36.1 Å². The van der Waals surface area contributed by atoms with Gasteiger partial charge in [0.1, 0.15) is 11.0 Å². The molecule has 2 atom stereocenters. The first kappa shape index (κ1) is 33.0. The Labute approximate surface area is 264 Å². The molecule has 0 aromatic heterocycles. The Morgan fingerprint density at radius 3 is 2.14 bits per heavy atom. The minimum atomic E-state index is -1.73. The fraction of sp³-hybridized carbons (Fsp3) is 0.278. The Kier molecular flexibility index (Phi) is 11.8. The lowest BCUT2D eigenvalue weighted by Gasteiger charge is -2.24. The largest absolute Gasteiger partial charge is 0.469 e. The standard InChI is InChI=1S/C36H42N2O4SSi/c1-27-12-20-32(21-13-27)43(41)38-34(25-35(39)42-2)30-18-22-33(23-19-30)44(3,4)24-8-11-28-14-16-31(17-15-28)36(40)37-26-29-9-6-5-7-10-29/h5-7,9-10,12-23,34,38H,8,11,24-26H2,1-4H3,(H,37,40)/t34-,43?/m1/s1. The maximum Gasteiger partial charge on any atom is 0.307 e. The number of methoxy groups -OCH3 is 1. The second kappa shape index (κ2) is 15.7. The van der Waals surface area contributed by atoms with Gasteiger partial charge in [0.15, 0.2) is 0 Å². The second-order valence-electron chi connectivity index (χ2n) is 11.8. The highest BCUT2D eigenvalue weighted by Gasteiger charge is 2.25. The molecular weight excluding hydrogens is 585 g/mol. The van der Waals surface area contributed by atoms with E-state index < -0.39 is 25.1 Å². The van der Waals surface area contributed by atoms with Crippen molar-refractivity contribution in [3.05, 3.63) is 131 Å². The van der Waals surface area contributed by atoms with Crippen LogP contribution < -0.4 is 15.2 Å². The van der Waals surface area contributed by atoms with Gasteiger partial charge < -0.3 is 10.1 Å². The minimum Gasteiger partial charge on any atom is -0.469 e. The van der Waals surface area contributed by atoms with Crippen LogP contribution in [0.15, 0.2) is 108 Å². The number of esters is 1. The quantitative estimate of drug-likeness (QED) is 0.126. The molecule has 8 heteroatoms. The maximum absolute atomic E-state index is 13.0. The van der Waals surface area contributed by atoms with Gasteiger partial charge in [0.25, 0.3) is 5.91 Å². The first-order valence-electron chi connectivity index (χ1n) is 15.0. The Morgan fingerprint density at radius 1 is 0.841 bits per heavy atom. The van der Waals surface area contributed by atoms with Crippen molar-refractivity contribution < 1.29 is 18.5 Å². The van der Waals surface area contributed by atoms with E-state index >= 15 is 0 Å². The molecule has 0 saturated heterocycles. The van der Waals surface area contributed by atoms with Crippen LogP contribution in [0.3, 0.4) is 0 Å². The number of aryl methyl sites for hydroxylation is 2. The molecule has 0 heterocycles. The van der Waals surface area contributed by atoms with Crippen molar-refractivity contribution in [1.82, 2.24) is 10.0 Å². The Balaban J connectivity index is 1.32. The van der Waals surface area contributed by atoms with Gasteiger partial charge in [-0.25, -0.2) is 8.93 Å². The van der Waals surface area contributed by atoms with E-state index in [4.69, 9.17) is 4.74 Å². The van der Waals surface area contributed by atoms with Gasteiger partial charge in [0, 0.05) is 12.1 Å². The summed E-state index contributed by atoms with van der Waals surface area (Å²) in [6.45, 7) is 7.25. The average molecular weight is 627 g/mol. The predicted molar refractivity (Wildman–Crippen MR) is 181 cm³/mol. The summed E-state index contributed by atoms with van der Waals surface area (Å²) < 4.78 is 21.1. The third kappa shape index (κ3) is 9.57. The van der Waals surface area contributed by atoms with Crippen molar-refractivity contribution in [3.63, 3.8) is 0 Å². The molecule has 44 heavy (non-hydrogen) atoms. The van der Waals surface area contributed by atoms with Crippen LogP contribution in [0, 0.1) is 6.92 Å². The Bertz CT molecular complexity index is 1540. The Morgan fingerprint density at radius 2 is 1.50 bits per heavy atom. The van der Waals surface area contributed by atoms with Gasteiger partial charge in [0.05, 0.1) is 32.5 Å². The molecule has 230 valence electrons. The normalized spacial score (nSPS) is 12.7. The van der Waals surface area contributed by atoms with Crippen LogP contribution in [0.1, 0.15) is 51.5 Å². The van der Waals surface area contributed by atoms with E-state index in [-0.39, 0.29) is 18.3 Å². The number of hydrogen-bond acceptors (Lipinski definition) is 4. The molecule has 0 bridgehead atoms. The van der Waals surface area contributed by atoms with Crippen molar-refractivity contribution in [2.75, 3.05) is 7.11 Å². The first-order valence-corrected chi connectivity index (χ1v) is 19.3. The number of ether oxygens (including phenoxy) is 1. The summed E-state index contributed by atoms with van der Waals surface area (Å²) in [7, 11) is -1.83. The highest BCUT2D eigenvalue weighted by atomic mass is 32.2. The van der Waals surface area contributed by atoms with Gasteiger partial charge in [-0.3, -0.25) is 9.59 Å². The molecule has 0 saturated carbocycles. The highest BCUT2D eigenvalue weighted by molar-refractivity contribution is 7.83. The van der Waals surface area contributed by atoms with Crippen LogP contribution in [-0.4, -0.2) is 31.3 Å². The average Bonchev–Trinajstić information content (AvgIpc) is 3.04. The number of rotatable bonds is 14. The molecule has 1 amide bonds. The van der Waals surface area contributed by atoms with E-state index in [2.05, 4.69) is 47.4 Å². The summed E-state index contributed by atoms with van der Waals surface area (Å²) in [5, 5.41) is 4.32. The lowest BCUT2D eigenvalue weighted by Crippen LogP contribution is -2.41. The van der Waals surface area contributed by atoms with Crippen molar-refractivity contribution in [2.45, 2.75) is 62.8 Å². The number of carbonyl (C=O) groups excluding carboxylic acids is 2. The zero-order valence-corrected chi connectivity index (χ0v) is 27.8. The van der Waals surface area contributed by atoms with Crippen LogP contribution in [-0.2, 0) is 33.5 Å². The molecule has 2 N–H and O–H groups in total. The summed E-state index contributed by atoms with van der Waals surface area (Å²) >= 11 is 0. The van der Waals surface area contributed by atoms with Gasteiger partial charge in [-0.2, -0.15) is 0 Å². The van der Waals surface area contributed by atoms with E-state index in [1.54, 1.807) is 0 Å². The third-order valence-corrected chi connectivity index (χ3v) is 12.7. The molecule has 4 rings (SSSR count). The lowest BCUT2D eigenvalue weighted by atomic mass is 10.1. The summed E-state index contributed by atoms with van der Waals surface area (Å²) in [4.78, 5) is 25.4. The van der Waals surface area contributed by atoms with E-state index in [0.29, 0.717) is 17.0 Å². The number of hydrogen-bond donors (Lipinski definition) is 2. The molecule has 4 aromatic rings. The van der Waals surface area contributed by atoms with Crippen LogP contribution in [0.25, 0.3) is 0 Å². The van der Waals surface area contributed by atoms with Crippen LogP contribution >= 0.6 is 0 Å². The smallest absolute Gasteiger partial charge is 0.307 e. The number of benzene rings is 4. The van der Waals surface area contributed by atoms with Crippen molar-refractivity contribution in [2.24, 2.45) is 0 Å². The predicted octanol–water partition coefficient (Wildman–Crippen LogP) is 6.39. The van der Waals surface area contributed by atoms with E-state index in [1.165, 1.54) is 17.9 Å². The first-order chi connectivity index (χ1) is 21.1. The molecule has 0 aliphatic rings.